The Labute approximate surface area is 213 Å². The molecule has 0 aromatic rings. The number of esters is 2. The summed E-state index contributed by atoms with van der Waals surface area (Å²) in [5.41, 5.74) is -0.381. The zero-order valence-corrected chi connectivity index (χ0v) is 22.1. The minimum Gasteiger partial charge on any atom is -0.433 e. The Morgan fingerprint density at radius 3 is 1.44 bits per heavy atom. The van der Waals surface area contributed by atoms with Crippen molar-refractivity contribution in [2.75, 3.05) is 13.2 Å². The molecular weight excluding hydrogens is 464 g/mol. The van der Waals surface area contributed by atoms with Crippen molar-refractivity contribution in [2.24, 2.45) is 22.7 Å². The molecule has 0 heterocycles. The van der Waals surface area contributed by atoms with Crippen LogP contribution in [0.25, 0.3) is 0 Å². The molecule has 8 heteroatoms. The Balaban J connectivity index is 1.54. The summed E-state index contributed by atoms with van der Waals surface area (Å²) in [7, 11) is 0. The van der Waals surface area contributed by atoms with E-state index in [1.165, 1.54) is 0 Å². The summed E-state index contributed by atoms with van der Waals surface area (Å²) in [4.78, 5) is 50.1. The number of rotatable bonds is 14. The number of hydrogen-bond acceptors (Lipinski definition) is 8. The van der Waals surface area contributed by atoms with Crippen molar-refractivity contribution in [3.05, 3.63) is 24.3 Å². The maximum Gasteiger partial charge on any atom is 0.335 e. The molecule has 200 valence electrons. The Morgan fingerprint density at radius 1 is 0.750 bits per heavy atom. The van der Waals surface area contributed by atoms with Crippen molar-refractivity contribution < 1.29 is 38.1 Å². The van der Waals surface area contributed by atoms with Crippen LogP contribution in [-0.4, -0.2) is 49.3 Å². The summed E-state index contributed by atoms with van der Waals surface area (Å²) in [6.07, 6.45) is 3.95. The molecule has 36 heavy (non-hydrogen) atoms. The van der Waals surface area contributed by atoms with Crippen LogP contribution in [0.5, 0.6) is 0 Å². The Hall–Kier alpha value is -2.32. The summed E-state index contributed by atoms with van der Waals surface area (Å²) in [5, 5.41) is 0. The molecule has 0 amide bonds. The first kappa shape index (κ1) is 28.3. The van der Waals surface area contributed by atoms with Crippen molar-refractivity contribution in [1.29, 1.82) is 0 Å². The largest absolute Gasteiger partial charge is 0.433 e. The van der Waals surface area contributed by atoms with Crippen LogP contribution < -0.4 is 0 Å². The third-order valence-corrected chi connectivity index (χ3v) is 7.85. The molecule has 4 fully saturated rings. The first-order valence-electron chi connectivity index (χ1n) is 12.9. The van der Waals surface area contributed by atoms with Gasteiger partial charge in [-0.2, -0.15) is 0 Å². The molecule has 0 N–H and O–H groups in total. The van der Waals surface area contributed by atoms with Gasteiger partial charge < -0.3 is 18.9 Å². The predicted octanol–water partition coefficient (Wildman–Crippen LogP) is 4.46. The third kappa shape index (κ3) is 6.51. The van der Waals surface area contributed by atoms with Crippen molar-refractivity contribution in [3.8, 4) is 0 Å². The molecule has 8 nitrogen and oxygen atoms in total. The fraction of sp³-hybridized carbons (Fsp3) is 0.714. The standard InChI is InChI=1S/C28H40O8/c1-17(2)25(31)35-19(5)33-9-7-23(29)27-12-21-11-22(13-27)15-28(14-21,16-27)24(30)8-10-34-20(6)36-26(32)18(3)4/h19-22H,1,3,7-16H2,2,4-6H3. The molecular formula is C28H40O8. The van der Waals surface area contributed by atoms with Gasteiger partial charge in [0.05, 0.1) is 13.2 Å². The van der Waals surface area contributed by atoms with Gasteiger partial charge in [-0.05, 0) is 78.1 Å². The van der Waals surface area contributed by atoms with Gasteiger partial charge in [-0.1, -0.05) is 13.2 Å². The normalized spacial score (nSPS) is 29.8. The predicted molar refractivity (Wildman–Crippen MR) is 131 cm³/mol. The van der Waals surface area contributed by atoms with Crippen LogP contribution >= 0.6 is 0 Å². The molecule has 4 bridgehead atoms. The van der Waals surface area contributed by atoms with E-state index in [9.17, 15) is 19.2 Å². The number of hydrogen-bond donors (Lipinski definition) is 0. The van der Waals surface area contributed by atoms with Crippen LogP contribution in [0.4, 0.5) is 0 Å². The first-order valence-corrected chi connectivity index (χ1v) is 12.9. The summed E-state index contributed by atoms with van der Waals surface area (Å²) in [5.74, 6) is -0.00300. The maximum atomic E-state index is 13.4. The quantitative estimate of drug-likeness (QED) is 0.194. The molecule has 0 spiro atoms. The van der Waals surface area contributed by atoms with E-state index in [4.69, 9.17) is 18.9 Å². The molecule has 4 saturated carbocycles. The summed E-state index contributed by atoms with van der Waals surface area (Å²) in [6, 6.07) is 0. The summed E-state index contributed by atoms with van der Waals surface area (Å²) >= 11 is 0. The molecule has 4 rings (SSSR count). The number of carbonyl (C=O) groups excluding carboxylic acids is 4. The van der Waals surface area contributed by atoms with Gasteiger partial charge in [0.15, 0.2) is 12.6 Å². The lowest BCUT2D eigenvalue weighted by atomic mass is 9.42. The smallest absolute Gasteiger partial charge is 0.335 e. The van der Waals surface area contributed by atoms with Crippen LogP contribution in [0.3, 0.4) is 0 Å². The number of carbonyl (C=O) groups is 4. The summed E-state index contributed by atoms with van der Waals surface area (Å²) < 4.78 is 21.3. The molecule has 4 aliphatic rings. The highest BCUT2D eigenvalue weighted by atomic mass is 16.7. The van der Waals surface area contributed by atoms with E-state index >= 15 is 0 Å². The lowest BCUT2D eigenvalue weighted by molar-refractivity contribution is -0.174. The Kier molecular flexibility index (Phi) is 8.93. The van der Waals surface area contributed by atoms with E-state index in [0.717, 1.165) is 32.1 Å². The van der Waals surface area contributed by atoms with Crippen LogP contribution in [0, 0.1) is 22.7 Å². The molecule has 0 aliphatic heterocycles. The summed E-state index contributed by atoms with van der Waals surface area (Å²) in [6.45, 7) is 13.8. The molecule has 0 saturated heterocycles. The van der Waals surface area contributed by atoms with Crippen molar-refractivity contribution >= 4 is 23.5 Å². The fourth-order valence-corrected chi connectivity index (χ4v) is 6.65. The average Bonchev–Trinajstić information content (AvgIpc) is 2.77. The van der Waals surface area contributed by atoms with Gasteiger partial charge in [0.1, 0.15) is 11.6 Å². The van der Waals surface area contributed by atoms with E-state index in [2.05, 4.69) is 13.2 Å². The third-order valence-electron chi connectivity index (χ3n) is 7.85. The number of Topliss-reactive ketones (excluding diaryl/α,β-unsaturated/α-hetero) is 2. The van der Waals surface area contributed by atoms with E-state index in [1.807, 2.05) is 0 Å². The lowest BCUT2D eigenvalue weighted by Gasteiger charge is -2.61. The van der Waals surface area contributed by atoms with Crippen LogP contribution in [0.1, 0.15) is 79.1 Å². The van der Waals surface area contributed by atoms with E-state index < -0.39 is 35.3 Å². The Bertz CT molecular complexity index is 835. The second kappa shape index (κ2) is 11.4. The average molecular weight is 505 g/mol. The van der Waals surface area contributed by atoms with Gasteiger partial charge in [-0.15, -0.1) is 0 Å². The van der Waals surface area contributed by atoms with E-state index in [0.29, 0.717) is 18.3 Å². The van der Waals surface area contributed by atoms with Gasteiger partial charge in [0, 0.05) is 34.8 Å². The molecule has 2 atom stereocenters. The second-order valence-corrected chi connectivity index (χ2v) is 11.1. The monoisotopic (exact) mass is 504 g/mol. The SMILES string of the molecule is C=C(C)C(=O)OC(C)OCCC(=O)C12CC3CC(C1)CC(C(=O)CCOC(C)OC(=O)C(=C)C)(C3)C2. The highest BCUT2D eigenvalue weighted by Crippen LogP contribution is 2.66. The minimum atomic E-state index is -0.761. The Morgan fingerprint density at radius 2 is 1.11 bits per heavy atom. The highest BCUT2D eigenvalue weighted by molar-refractivity contribution is 5.90. The van der Waals surface area contributed by atoms with Gasteiger partial charge >= 0.3 is 11.9 Å². The molecule has 0 aromatic heterocycles. The molecule has 0 radical (unpaired) electrons. The zero-order valence-electron chi connectivity index (χ0n) is 22.1. The van der Waals surface area contributed by atoms with Crippen molar-refractivity contribution in [2.45, 2.75) is 91.6 Å². The van der Waals surface area contributed by atoms with Crippen LogP contribution in [-0.2, 0) is 38.1 Å². The van der Waals surface area contributed by atoms with Gasteiger partial charge in [0.25, 0.3) is 0 Å². The lowest BCUT2D eigenvalue weighted by Crippen LogP contribution is -2.57. The van der Waals surface area contributed by atoms with Gasteiger partial charge in [-0.25, -0.2) is 9.59 Å². The molecule has 4 aliphatic carbocycles. The van der Waals surface area contributed by atoms with E-state index in [-0.39, 0.29) is 48.8 Å². The molecule has 2 unspecified atom stereocenters. The number of ether oxygens (including phenoxy) is 4. The van der Waals surface area contributed by atoms with Crippen molar-refractivity contribution in [1.82, 2.24) is 0 Å². The van der Waals surface area contributed by atoms with E-state index in [1.54, 1.807) is 27.7 Å². The fourth-order valence-electron chi connectivity index (χ4n) is 6.65. The zero-order chi connectivity index (χ0) is 26.7. The molecule has 0 aromatic carbocycles. The number of ketones is 2. The van der Waals surface area contributed by atoms with Crippen LogP contribution in [0.15, 0.2) is 24.3 Å². The second-order valence-electron chi connectivity index (χ2n) is 11.1. The van der Waals surface area contributed by atoms with Gasteiger partial charge in [-0.3, -0.25) is 9.59 Å². The minimum absolute atomic E-state index is 0.142. The topological polar surface area (TPSA) is 105 Å². The van der Waals surface area contributed by atoms with Crippen LogP contribution in [0.2, 0.25) is 0 Å². The first-order chi connectivity index (χ1) is 16.9. The maximum absolute atomic E-state index is 13.4. The van der Waals surface area contributed by atoms with Gasteiger partial charge in [0.2, 0.25) is 0 Å². The highest BCUT2D eigenvalue weighted by Gasteiger charge is 2.62. The van der Waals surface area contributed by atoms with Crippen molar-refractivity contribution in [3.63, 3.8) is 0 Å².